The zero-order chi connectivity index (χ0) is 17.3. The van der Waals surface area contributed by atoms with Crippen molar-refractivity contribution in [3.8, 4) is 5.75 Å². The molecule has 1 aliphatic rings. The van der Waals surface area contributed by atoms with Gasteiger partial charge in [0.2, 0.25) is 5.91 Å². The predicted molar refractivity (Wildman–Crippen MR) is 89.1 cm³/mol. The van der Waals surface area contributed by atoms with Gasteiger partial charge in [-0.25, -0.2) is 4.79 Å². The van der Waals surface area contributed by atoms with Crippen LogP contribution in [-0.2, 0) is 9.59 Å². The average Bonchev–Trinajstić information content (AvgIpc) is 2.96. The van der Waals surface area contributed by atoms with Crippen molar-refractivity contribution in [3.05, 3.63) is 64.7 Å². The molecule has 0 aliphatic carbocycles. The number of carbonyl (C=O) groups excluding carboxylic acids is 1. The lowest BCUT2D eigenvalue weighted by molar-refractivity contribution is -0.142. The van der Waals surface area contributed by atoms with Crippen LogP contribution in [0.3, 0.4) is 0 Å². The first kappa shape index (κ1) is 16.1. The first-order valence-electron chi connectivity index (χ1n) is 7.79. The summed E-state index contributed by atoms with van der Waals surface area (Å²) in [6.07, 6.45) is 0. The Kier molecular flexibility index (Phi) is 4.25. The number of carboxylic acids is 1. The summed E-state index contributed by atoms with van der Waals surface area (Å²) in [6.45, 7) is 4.19. The van der Waals surface area contributed by atoms with Crippen molar-refractivity contribution in [3.63, 3.8) is 0 Å². The maximum Gasteiger partial charge on any atom is 0.330 e. The van der Waals surface area contributed by atoms with Crippen molar-refractivity contribution >= 4 is 11.9 Å². The number of ether oxygens (including phenoxy) is 1. The summed E-state index contributed by atoms with van der Waals surface area (Å²) < 4.78 is 5.61. The molecule has 0 aromatic heterocycles. The molecule has 1 unspecified atom stereocenters. The van der Waals surface area contributed by atoms with Gasteiger partial charge in [-0.3, -0.25) is 4.79 Å². The van der Waals surface area contributed by atoms with Crippen LogP contribution in [0.15, 0.2) is 42.5 Å². The van der Waals surface area contributed by atoms with E-state index in [4.69, 9.17) is 4.74 Å². The summed E-state index contributed by atoms with van der Waals surface area (Å²) in [4.78, 5) is 24.2. The Morgan fingerprint density at radius 1 is 1.17 bits per heavy atom. The molecule has 0 radical (unpaired) electrons. The molecule has 5 nitrogen and oxygen atoms in total. The van der Waals surface area contributed by atoms with E-state index in [0.717, 1.165) is 16.7 Å². The zero-order valence-electron chi connectivity index (χ0n) is 13.6. The van der Waals surface area contributed by atoms with E-state index in [9.17, 15) is 14.7 Å². The Morgan fingerprint density at radius 2 is 1.83 bits per heavy atom. The van der Waals surface area contributed by atoms with Crippen molar-refractivity contribution < 1.29 is 19.4 Å². The number of hydrogen-bond donors (Lipinski definition) is 2. The van der Waals surface area contributed by atoms with Gasteiger partial charge in [0.25, 0.3) is 0 Å². The van der Waals surface area contributed by atoms with Gasteiger partial charge >= 0.3 is 5.97 Å². The van der Waals surface area contributed by atoms with Crippen molar-refractivity contribution in [2.45, 2.75) is 25.8 Å². The topological polar surface area (TPSA) is 75.6 Å². The van der Waals surface area contributed by atoms with Crippen LogP contribution in [0.5, 0.6) is 5.75 Å². The van der Waals surface area contributed by atoms with E-state index >= 15 is 0 Å². The monoisotopic (exact) mass is 325 g/mol. The highest BCUT2D eigenvalue weighted by Gasteiger charge is 2.33. The SMILES string of the molecule is Cc1cc2c(cc1C)C(C(=O)N[C@H](C(=O)O)c1ccccc1)CO2. The van der Waals surface area contributed by atoms with E-state index in [-0.39, 0.29) is 12.5 Å². The zero-order valence-corrected chi connectivity index (χ0v) is 13.6. The normalized spacial score (nSPS) is 16.8. The highest BCUT2D eigenvalue weighted by Crippen LogP contribution is 2.36. The molecule has 3 rings (SSSR count). The number of nitrogens with one attached hydrogen (secondary N) is 1. The molecule has 1 amide bonds. The first-order chi connectivity index (χ1) is 11.5. The standard InChI is InChI=1S/C19H19NO4/c1-11-8-14-15(10-24-16(14)9-12(11)2)18(21)20-17(19(22)23)13-6-4-3-5-7-13/h3-9,15,17H,10H2,1-2H3,(H,20,21)(H,22,23)/t15?,17-/m0/s1. The van der Waals surface area contributed by atoms with Crippen LogP contribution in [0.1, 0.15) is 34.2 Å². The number of aliphatic carboxylic acids is 1. The molecular weight excluding hydrogens is 306 g/mol. The molecule has 2 N–H and O–H groups in total. The highest BCUT2D eigenvalue weighted by atomic mass is 16.5. The van der Waals surface area contributed by atoms with Crippen LogP contribution in [-0.4, -0.2) is 23.6 Å². The van der Waals surface area contributed by atoms with Crippen molar-refractivity contribution in [2.24, 2.45) is 0 Å². The van der Waals surface area contributed by atoms with E-state index in [2.05, 4.69) is 5.32 Å². The summed E-state index contributed by atoms with van der Waals surface area (Å²) in [7, 11) is 0. The number of aryl methyl sites for hydroxylation is 2. The van der Waals surface area contributed by atoms with Gasteiger partial charge in [0, 0.05) is 5.56 Å². The Labute approximate surface area is 140 Å². The Morgan fingerprint density at radius 3 is 2.50 bits per heavy atom. The third kappa shape index (κ3) is 2.97. The van der Waals surface area contributed by atoms with Gasteiger partial charge in [0.05, 0.1) is 0 Å². The molecule has 2 aromatic carbocycles. The first-order valence-corrected chi connectivity index (χ1v) is 7.79. The molecule has 2 aromatic rings. The van der Waals surface area contributed by atoms with Crippen LogP contribution >= 0.6 is 0 Å². The van der Waals surface area contributed by atoms with Crippen LogP contribution in [0.25, 0.3) is 0 Å². The quantitative estimate of drug-likeness (QED) is 0.906. The summed E-state index contributed by atoms with van der Waals surface area (Å²) >= 11 is 0. The minimum Gasteiger partial charge on any atom is -0.492 e. The lowest BCUT2D eigenvalue weighted by Crippen LogP contribution is -2.37. The fraction of sp³-hybridized carbons (Fsp3) is 0.263. The molecule has 1 aliphatic heterocycles. The van der Waals surface area contributed by atoms with Crippen LogP contribution < -0.4 is 10.1 Å². The summed E-state index contributed by atoms with van der Waals surface area (Å²) in [5.41, 5.74) is 3.53. The fourth-order valence-corrected chi connectivity index (χ4v) is 2.87. The number of fused-ring (bicyclic) bond motifs is 1. The van der Waals surface area contributed by atoms with Crippen molar-refractivity contribution in [1.29, 1.82) is 0 Å². The van der Waals surface area contributed by atoms with Crippen LogP contribution in [0, 0.1) is 13.8 Å². The largest absolute Gasteiger partial charge is 0.492 e. The van der Waals surface area contributed by atoms with E-state index in [0.29, 0.717) is 11.3 Å². The molecule has 0 saturated carbocycles. The average molecular weight is 325 g/mol. The van der Waals surface area contributed by atoms with Crippen LogP contribution in [0.2, 0.25) is 0 Å². The molecular formula is C19H19NO4. The maximum atomic E-state index is 12.6. The number of amides is 1. The molecule has 2 atom stereocenters. The summed E-state index contributed by atoms with van der Waals surface area (Å²) in [6, 6.07) is 11.5. The van der Waals surface area contributed by atoms with Gasteiger partial charge in [-0.05, 0) is 36.6 Å². The summed E-state index contributed by atoms with van der Waals surface area (Å²) in [5, 5.41) is 12.1. The third-order valence-corrected chi connectivity index (χ3v) is 4.39. The Balaban J connectivity index is 1.83. The number of rotatable bonds is 4. The fourth-order valence-electron chi connectivity index (χ4n) is 2.87. The molecule has 0 bridgehead atoms. The minimum atomic E-state index is -1.09. The Bertz CT molecular complexity index is 785. The van der Waals surface area contributed by atoms with E-state index < -0.39 is 17.9 Å². The lowest BCUT2D eigenvalue weighted by Gasteiger charge is -2.17. The smallest absolute Gasteiger partial charge is 0.330 e. The number of carboxylic acid groups (broad SMARTS) is 1. The van der Waals surface area contributed by atoms with Gasteiger partial charge in [-0.15, -0.1) is 0 Å². The third-order valence-electron chi connectivity index (χ3n) is 4.39. The number of benzene rings is 2. The molecule has 0 saturated heterocycles. The minimum absolute atomic E-state index is 0.227. The second-order valence-corrected chi connectivity index (χ2v) is 6.03. The highest BCUT2D eigenvalue weighted by molar-refractivity contribution is 5.90. The van der Waals surface area contributed by atoms with Gasteiger partial charge in [-0.1, -0.05) is 36.4 Å². The van der Waals surface area contributed by atoms with E-state index in [1.54, 1.807) is 30.3 Å². The molecule has 124 valence electrons. The number of carbonyl (C=O) groups is 2. The molecule has 24 heavy (non-hydrogen) atoms. The van der Waals surface area contributed by atoms with Gasteiger partial charge in [0.15, 0.2) is 6.04 Å². The van der Waals surface area contributed by atoms with Crippen molar-refractivity contribution in [1.82, 2.24) is 5.32 Å². The molecule has 5 heteroatoms. The van der Waals surface area contributed by atoms with Gasteiger partial charge in [0.1, 0.15) is 18.3 Å². The van der Waals surface area contributed by atoms with Gasteiger partial charge in [-0.2, -0.15) is 0 Å². The summed E-state index contributed by atoms with van der Waals surface area (Å²) in [5.74, 6) is -1.23. The lowest BCUT2D eigenvalue weighted by atomic mass is 9.95. The maximum absolute atomic E-state index is 12.6. The second kappa shape index (κ2) is 6.35. The molecule has 0 fully saturated rings. The molecule has 1 heterocycles. The van der Waals surface area contributed by atoms with Crippen molar-refractivity contribution in [2.75, 3.05) is 6.61 Å². The molecule has 0 spiro atoms. The van der Waals surface area contributed by atoms with Gasteiger partial charge < -0.3 is 15.2 Å². The van der Waals surface area contributed by atoms with Crippen LogP contribution in [0.4, 0.5) is 0 Å². The Hall–Kier alpha value is -2.82. The second-order valence-electron chi connectivity index (χ2n) is 6.03. The predicted octanol–water partition coefficient (Wildman–Crippen LogP) is 2.72. The number of hydrogen-bond acceptors (Lipinski definition) is 3. The van der Waals surface area contributed by atoms with E-state index in [1.165, 1.54) is 0 Å². The van der Waals surface area contributed by atoms with E-state index in [1.807, 2.05) is 26.0 Å².